The third-order valence-electron chi connectivity index (χ3n) is 7.31. The maximum atomic E-state index is 11.2. The average Bonchev–Trinajstić information content (AvgIpc) is 3.54. The van der Waals surface area contributed by atoms with E-state index in [0.29, 0.717) is 18.9 Å². The van der Waals surface area contributed by atoms with Crippen molar-refractivity contribution in [3.63, 3.8) is 0 Å². The third-order valence-corrected chi connectivity index (χ3v) is 8.50. The van der Waals surface area contributed by atoms with Crippen LogP contribution in [-0.2, 0) is 17.4 Å². The molecule has 0 amide bonds. The first-order valence-electron chi connectivity index (χ1n) is 12.5. The van der Waals surface area contributed by atoms with E-state index in [4.69, 9.17) is 25.7 Å². The van der Waals surface area contributed by atoms with E-state index in [1.165, 1.54) is 11.5 Å². The van der Waals surface area contributed by atoms with Gasteiger partial charge in [0, 0.05) is 37.0 Å². The first-order chi connectivity index (χ1) is 17.8. The number of aromatic nitrogens is 6. The molecule has 5 heterocycles. The van der Waals surface area contributed by atoms with Gasteiger partial charge in [-0.15, -0.1) is 5.10 Å². The van der Waals surface area contributed by atoms with Crippen LogP contribution in [0, 0.1) is 12.8 Å². The van der Waals surface area contributed by atoms with E-state index >= 15 is 0 Å². The van der Waals surface area contributed by atoms with Crippen molar-refractivity contribution < 1.29 is 9.84 Å². The van der Waals surface area contributed by atoms with Gasteiger partial charge in [0.2, 0.25) is 0 Å². The lowest BCUT2D eigenvalue weighted by molar-refractivity contribution is 0.0548. The van der Waals surface area contributed by atoms with Crippen molar-refractivity contribution in [1.29, 1.82) is 0 Å². The van der Waals surface area contributed by atoms with Crippen LogP contribution in [0.1, 0.15) is 49.7 Å². The van der Waals surface area contributed by atoms with Gasteiger partial charge in [0.15, 0.2) is 0 Å². The Balaban J connectivity index is 1.72. The van der Waals surface area contributed by atoms with Gasteiger partial charge in [-0.05, 0) is 68.8 Å². The normalized spacial score (nSPS) is 16.2. The first-order valence-corrected chi connectivity index (χ1v) is 13.6. The number of benzene rings is 1. The zero-order chi connectivity index (χ0) is 25.9. The summed E-state index contributed by atoms with van der Waals surface area (Å²) in [5.41, 5.74) is 6.02. The van der Waals surface area contributed by atoms with Crippen LogP contribution < -0.4 is 0 Å². The van der Waals surface area contributed by atoms with Crippen LogP contribution in [0.2, 0.25) is 5.02 Å². The van der Waals surface area contributed by atoms with Gasteiger partial charge in [-0.1, -0.05) is 35.0 Å². The molecule has 0 spiro atoms. The molecule has 4 aromatic heterocycles. The van der Waals surface area contributed by atoms with E-state index in [9.17, 15) is 5.11 Å². The van der Waals surface area contributed by atoms with Crippen LogP contribution in [0.25, 0.3) is 32.5 Å². The number of nitrogens with zero attached hydrogens (tertiary/aromatic N) is 6. The van der Waals surface area contributed by atoms with E-state index in [-0.39, 0.29) is 12.0 Å². The second-order valence-corrected chi connectivity index (χ2v) is 11.5. The van der Waals surface area contributed by atoms with Gasteiger partial charge in [-0.3, -0.25) is 4.98 Å². The number of ether oxygens (including phenoxy) is 1. The minimum atomic E-state index is -1.13. The molecule has 5 aromatic rings. The Morgan fingerprint density at radius 1 is 1.22 bits per heavy atom. The standard InChI is InChI=1S/C27H29ClN6O2S/c1-15-22(33(4)32-30-15)17-13-20-21(29-14-17)25-24(26(31-37-25)27(2,3)35)34(20)23(16-9-11-36-12-10-16)18-7-5-6-8-19(18)28/h5-8,13-14,16,23,35H,9-12H2,1-4H3. The number of rotatable bonds is 5. The van der Waals surface area contributed by atoms with Crippen molar-refractivity contribution in [3.8, 4) is 11.3 Å². The van der Waals surface area contributed by atoms with Crippen molar-refractivity contribution in [2.45, 2.75) is 45.3 Å². The van der Waals surface area contributed by atoms with Crippen LogP contribution in [0.4, 0.5) is 0 Å². The molecule has 0 bridgehead atoms. The van der Waals surface area contributed by atoms with Crippen molar-refractivity contribution in [1.82, 2.24) is 28.9 Å². The Labute approximate surface area is 224 Å². The van der Waals surface area contributed by atoms with E-state index < -0.39 is 5.60 Å². The van der Waals surface area contributed by atoms with Gasteiger partial charge >= 0.3 is 0 Å². The molecule has 1 N–H and O–H groups in total. The molecule has 0 radical (unpaired) electrons. The molecule has 192 valence electrons. The number of pyridine rings is 1. The summed E-state index contributed by atoms with van der Waals surface area (Å²) in [6.45, 7) is 6.93. The van der Waals surface area contributed by atoms with Crippen molar-refractivity contribution in [2.75, 3.05) is 13.2 Å². The number of hydrogen-bond acceptors (Lipinski definition) is 7. The van der Waals surface area contributed by atoms with Gasteiger partial charge in [-0.25, -0.2) is 4.68 Å². The SMILES string of the molecule is Cc1nnn(C)c1-c1cnc2c3snc(C(C)(C)O)c3n(C(c3ccccc3Cl)C3CCOCC3)c2c1. The molecule has 6 rings (SSSR count). The van der Waals surface area contributed by atoms with Crippen LogP contribution in [0.3, 0.4) is 0 Å². The summed E-state index contributed by atoms with van der Waals surface area (Å²) in [6.07, 6.45) is 3.69. The fourth-order valence-electron chi connectivity index (χ4n) is 5.62. The fraction of sp³-hybridized carbons (Fsp3) is 0.407. The lowest BCUT2D eigenvalue weighted by Gasteiger charge is -2.34. The fourth-order valence-corrected chi connectivity index (χ4v) is 6.89. The summed E-state index contributed by atoms with van der Waals surface area (Å²) in [4.78, 5) is 4.95. The molecule has 1 saturated heterocycles. The lowest BCUT2D eigenvalue weighted by atomic mass is 9.86. The minimum Gasteiger partial charge on any atom is -0.384 e. The predicted octanol–water partition coefficient (Wildman–Crippen LogP) is 5.65. The smallest absolute Gasteiger partial charge is 0.110 e. The largest absolute Gasteiger partial charge is 0.384 e. The van der Waals surface area contributed by atoms with E-state index in [1.54, 1.807) is 18.5 Å². The highest BCUT2D eigenvalue weighted by Gasteiger charge is 2.35. The zero-order valence-electron chi connectivity index (χ0n) is 21.3. The predicted molar refractivity (Wildman–Crippen MR) is 146 cm³/mol. The van der Waals surface area contributed by atoms with Crippen molar-refractivity contribution >= 4 is 44.4 Å². The Bertz CT molecular complexity index is 1590. The highest BCUT2D eigenvalue weighted by atomic mass is 35.5. The van der Waals surface area contributed by atoms with E-state index in [1.807, 2.05) is 38.4 Å². The topological polar surface area (TPSA) is 90.9 Å². The molecule has 10 heteroatoms. The van der Waals surface area contributed by atoms with Crippen LogP contribution in [0.15, 0.2) is 36.5 Å². The minimum absolute atomic E-state index is 0.0853. The maximum Gasteiger partial charge on any atom is 0.110 e. The molecule has 1 aromatic carbocycles. The van der Waals surface area contributed by atoms with Gasteiger partial charge in [0.05, 0.1) is 33.2 Å². The molecule has 0 aliphatic carbocycles. The molecule has 37 heavy (non-hydrogen) atoms. The molecule has 1 atom stereocenters. The van der Waals surface area contributed by atoms with E-state index in [2.05, 4.69) is 27.0 Å². The summed E-state index contributed by atoms with van der Waals surface area (Å²) in [5, 5.41) is 20.3. The van der Waals surface area contributed by atoms with Crippen molar-refractivity contribution in [3.05, 3.63) is 58.5 Å². The second-order valence-electron chi connectivity index (χ2n) is 10.3. The molecule has 8 nitrogen and oxygen atoms in total. The first kappa shape index (κ1) is 24.5. The third kappa shape index (κ3) is 4.05. The monoisotopic (exact) mass is 536 g/mol. The number of halogens is 1. The number of hydrogen-bond donors (Lipinski definition) is 1. The molecular formula is C27H29ClN6O2S. The summed E-state index contributed by atoms with van der Waals surface area (Å²) in [5.74, 6) is 0.283. The molecular weight excluding hydrogens is 508 g/mol. The van der Waals surface area contributed by atoms with Crippen LogP contribution in [0.5, 0.6) is 0 Å². The summed E-state index contributed by atoms with van der Waals surface area (Å²) < 4.78 is 15.5. The molecule has 1 aliphatic rings. The Morgan fingerprint density at radius 3 is 2.65 bits per heavy atom. The molecule has 1 unspecified atom stereocenters. The summed E-state index contributed by atoms with van der Waals surface area (Å²) in [6, 6.07) is 10.1. The van der Waals surface area contributed by atoms with Gasteiger partial charge in [-0.2, -0.15) is 4.37 Å². The molecule has 1 fully saturated rings. The van der Waals surface area contributed by atoms with Gasteiger partial charge < -0.3 is 14.4 Å². The molecule has 1 aliphatic heterocycles. The maximum absolute atomic E-state index is 11.2. The average molecular weight is 537 g/mol. The number of aryl methyl sites for hydroxylation is 2. The quantitative estimate of drug-likeness (QED) is 0.312. The van der Waals surface area contributed by atoms with Crippen LogP contribution in [-0.4, -0.2) is 47.2 Å². The van der Waals surface area contributed by atoms with Crippen molar-refractivity contribution in [2.24, 2.45) is 13.0 Å². The Kier molecular flexibility index (Phi) is 6.06. The summed E-state index contributed by atoms with van der Waals surface area (Å²) >= 11 is 8.26. The van der Waals surface area contributed by atoms with Gasteiger partial charge in [0.25, 0.3) is 0 Å². The molecule has 0 saturated carbocycles. The highest BCUT2D eigenvalue weighted by Crippen LogP contribution is 2.46. The number of aliphatic hydroxyl groups is 1. The lowest BCUT2D eigenvalue weighted by Crippen LogP contribution is -2.28. The number of fused-ring (bicyclic) bond motifs is 3. The van der Waals surface area contributed by atoms with Gasteiger partial charge in [0.1, 0.15) is 16.8 Å². The van der Waals surface area contributed by atoms with Crippen LogP contribution >= 0.6 is 23.1 Å². The second kappa shape index (κ2) is 9.16. The highest BCUT2D eigenvalue weighted by molar-refractivity contribution is 7.14. The zero-order valence-corrected chi connectivity index (χ0v) is 22.8. The Hall–Kier alpha value is -2.85. The summed E-state index contributed by atoms with van der Waals surface area (Å²) in [7, 11) is 1.89. The Morgan fingerprint density at radius 2 is 1.97 bits per heavy atom. The van der Waals surface area contributed by atoms with E-state index in [0.717, 1.165) is 61.6 Å².